The first-order valence-electron chi connectivity index (χ1n) is 7.74. The van der Waals surface area contributed by atoms with E-state index in [4.69, 9.17) is 10.7 Å². The maximum Gasteiger partial charge on any atom is 0.133 e. The van der Waals surface area contributed by atoms with E-state index in [0.29, 0.717) is 0 Å². The molecule has 0 aliphatic heterocycles. The number of nitrogens with two attached hydrogens (primary N) is 1. The molecule has 0 saturated heterocycles. The topological polar surface area (TPSA) is 43.8 Å². The number of nitrogen functional groups attached to an aromatic ring is 1. The molecule has 3 rings (SSSR count). The van der Waals surface area contributed by atoms with Crippen LogP contribution < -0.4 is 5.73 Å². The number of rotatable bonds is 5. The normalized spacial score (nSPS) is 11.5. The van der Waals surface area contributed by atoms with Gasteiger partial charge in [0.1, 0.15) is 5.82 Å². The van der Waals surface area contributed by atoms with Crippen LogP contribution in [0.1, 0.15) is 31.2 Å². The van der Waals surface area contributed by atoms with Gasteiger partial charge in [0.15, 0.2) is 0 Å². The van der Waals surface area contributed by atoms with E-state index < -0.39 is 0 Å². The van der Waals surface area contributed by atoms with Gasteiger partial charge < -0.3 is 10.3 Å². The smallest absolute Gasteiger partial charge is 0.133 e. The van der Waals surface area contributed by atoms with Crippen molar-refractivity contribution < 1.29 is 0 Å². The lowest BCUT2D eigenvalue weighted by Gasteiger charge is -2.08. The third-order valence-electron chi connectivity index (χ3n) is 3.73. The molecule has 3 nitrogen and oxygen atoms in total. The number of hydrogen-bond acceptors (Lipinski definition) is 2. The van der Waals surface area contributed by atoms with Crippen molar-refractivity contribution in [3.8, 4) is 0 Å². The van der Waals surface area contributed by atoms with Gasteiger partial charge in [-0.15, -0.1) is 0 Å². The number of aromatic nitrogens is 2. The van der Waals surface area contributed by atoms with E-state index in [1.807, 2.05) is 18.2 Å². The van der Waals surface area contributed by atoms with Crippen LogP contribution in [0.3, 0.4) is 0 Å². The van der Waals surface area contributed by atoms with Crippen molar-refractivity contribution in [3.63, 3.8) is 0 Å². The predicted molar refractivity (Wildman–Crippen MR) is 93.6 cm³/mol. The highest BCUT2D eigenvalue weighted by Gasteiger charge is 2.08. The number of unbranched alkanes of at least 4 members (excludes halogenated alkanes) is 1. The molecule has 0 saturated carbocycles. The molecular formula is C19H21N3. The van der Waals surface area contributed by atoms with Crippen LogP contribution in [-0.4, -0.2) is 9.55 Å². The number of imidazole rings is 1. The molecule has 0 aliphatic carbocycles. The molecule has 112 valence electrons. The molecule has 3 aromatic rings. The molecule has 0 spiro atoms. The van der Waals surface area contributed by atoms with Crippen LogP contribution in [0, 0.1) is 0 Å². The number of nitrogens with zero attached hydrogens (tertiary/aromatic N) is 2. The van der Waals surface area contributed by atoms with Gasteiger partial charge in [0, 0.05) is 12.2 Å². The fraction of sp³-hybridized carbons (Fsp3) is 0.211. The summed E-state index contributed by atoms with van der Waals surface area (Å²) in [6, 6.07) is 16.3. The van der Waals surface area contributed by atoms with Gasteiger partial charge in [0.05, 0.1) is 11.0 Å². The summed E-state index contributed by atoms with van der Waals surface area (Å²) in [5.41, 5.74) is 9.99. The van der Waals surface area contributed by atoms with E-state index >= 15 is 0 Å². The van der Waals surface area contributed by atoms with Crippen LogP contribution in [-0.2, 0) is 6.54 Å². The summed E-state index contributed by atoms with van der Waals surface area (Å²) in [6.07, 6.45) is 6.54. The molecule has 0 bridgehead atoms. The van der Waals surface area contributed by atoms with Crippen LogP contribution in [0.4, 0.5) is 5.69 Å². The highest BCUT2D eigenvalue weighted by molar-refractivity contribution is 5.78. The lowest BCUT2D eigenvalue weighted by molar-refractivity contribution is 0.812. The summed E-state index contributed by atoms with van der Waals surface area (Å²) in [6.45, 7) is 2.98. The van der Waals surface area contributed by atoms with Crippen LogP contribution in [0.25, 0.3) is 17.1 Å². The standard InChI is InChI=1S/C19H21N3/c1-2-3-4-9-19-21-17-7-5-6-8-18(17)22(19)14-15-10-12-16(20)13-11-15/h4-13H,2-3,14,20H2,1H3/b9-4+. The van der Waals surface area contributed by atoms with E-state index in [1.54, 1.807) is 0 Å². The van der Waals surface area contributed by atoms with Crippen molar-refractivity contribution in [1.29, 1.82) is 0 Å². The number of allylic oxidation sites excluding steroid dienone is 1. The Kier molecular flexibility index (Phi) is 4.24. The Labute approximate surface area is 131 Å². The molecule has 0 aliphatic rings. The van der Waals surface area contributed by atoms with Gasteiger partial charge in [-0.2, -0.15) is 0 Å². The van der Waals surface area contributed by atoms with Gasteiger partial charge in [-0.1, -0.05) is 43.7 Å². The molecule has 2 aromatic carbocycles. The van der Waals surface area contributed by atoms with Crippen LogP contribution in [0.2, 0.25) is 0 Å². The van der Waals surface area contributed by atoms with Crippen LogP contribution >= 0.6 is 0 Å². The molecule has 3 heteroatoms. The Morgan fingerprint density at radius 2 is 1.86 bits per heavy atom. The Balaban J connectivity index is 2.01. The maximum atomic E-state index is 5.77. The first kappa shape index (κ1) is 14.4. The fourth-order valence-corrected chi connectivity index (χ4v) is 2.55. The zero-order valence-corrected chi connectivity index (χ0v) is 12.9. The summed E-state index contributed by atoms with van der Waals surface area (Å²) >= 11 is 0. The molecule has 0 amide bonds. The van der Waals surface area contributed by atoms with Crippen molar-refractivity contribution in [1.82, 2.24) is 9.55 Å². The molecule has 2 N–H and O–H groups in total. The van der Waals surface area contributed by atoms with E-state index in [9.17, 15) is 0 Å². The molecule has 0 atom stereocenters. The number of benzene rings is 2. The van der Waals surface area contributed by atoms with Gasteiger partial charge in [-0.3, -0.25) is 0 Å². The SMILES string of the molecule is CCC/C=C/c1nc2ccccc2n1Cc1ccc(N)cc1. The summed E-state index contributed by atoms with van der Waals surface area (Å²) in [5.74, 6) is 1.01. The summed E-state index contributed by atoms with van der Waals surface area (Å²) in [7, 11) is 0. The number of para-hydroxylation sites is 2. The highest BCUT2D eigenvalue weighted by atomic mass is 15.1. The zero-order valence-electron chi connectivity index (χ0n) is 12.9. The highest BCUT2D eigenvalue weighted by Crippen LogP contribution is 2.19. The lowest BCUT2D eigenvalue weighted by Crippen LogP contribution is -2.02. The van der Waals surface area contributed by atoms with E-state index in [-0.39, 0.29) is 0 Å². The number of fused-ring (bicyclic) bond motifs is 1. The molecule has 1 heterocycles. The average Bonchev–Trinajstić information content (AvgIpc) is 2.88. The van der Waals surface area contributed by atoms with E-state index in [1.165, 1.54) is 5.56 Å². The Morgan fingerprint density at radius 3 is 2.64 bits per heavy atom. The number of hydrogen-bond donors (Lipinski definition) is 1. The second kappa shape index (κ2) is 6.48. The lowest BCUT2D eigenvalue weighted by atomic mass is 10.2. The van der Waals surface area contributed by atoms with Crippen molar-refractivity contribution in [2.24, 2.45) is 0 Å². The molecular weight excluding hydrogens is 270 g/mol. The Morgan fingerprint density at radius 1 is 1.09 bits per heavy atom. The van der Waals surface area contributed by atoms with Crippen LogP contribution in [0.15, 0.2) is 54.6 Å². The third kappa shape index (κ3) is 3.03. The average molecular weight is 291 g/mol. The van der Waals surface area contributed by atoms with E-state index in [0.717, 1.165) is 41.9 Å². The Bertz CT molecular complexity index is 782. The van der Waals surface area contributed by atoms with Gasteiger partial charge in [-0.05, 0) is 42.3 Å². The second-order valence-electron chi connectivity index (χ2n) is 5.48. The van der Waals surface area contributed by atoms with Gasteiger partial charge in [0.25, 0.3) is 0 Å². The first-order chi connectivity index (χ1) is 10.8. The molecule has 0 unspecified atom stereocenters. The summed E-state index contributed by atoms with van der Waals surface area (Å²) < 4.78 is 2.26. The minimum Gasteiger partial charge on any atom is -0.399 e. The van der Waals surface area contributed by atoms with Crippen LogP contribution in [0.5, 0.6) is 0 Å². The second-order valence-corrected chi connectivity index (χ2v) is 5.48. The zero-order chi connectivity index (χ0) is 15.4. The molecule has 0 radical (unpaired) electrons. The molecule has 1 aromatic heterocycles. The van der Waals surface area contributed by atoms with Crippen molar-refractivity contribution in [2.45, 2.75) is 26.3 Å². The maximum absolute atomic E-state index is 5.77. The molecule has 0 fully saturated rings. The minimum atomic E-state index is 0.794. The van der Waals surface area contributed by atoms with Crippen molar-refractivity contribution in [3.05, 3.63) is 66.0 Å². The number of anilines is 1. The quantitative estimate of drug-likeness (QED) is 0.704. The predicted octanol–water partition coefficient (Wildman–Crippen LogP) is 4.48. The van der Waals surface area contributed by atoms with E-state index in [2.05, 4.69) is 54.0 Å². The fourth-order valence-electron chi connectivity index (χ4n) is 2.55. The first-order valence-corrected chi connectivity index (χ1v) is 7.74. The Hall–Kier alpha value is -2.55. The third-order valence-corrected chi connectivity index (χ3v) is 3.73. The van der Waals surface area contributed by atoms with Gasteiger partial charge in [0.2, 0.25) is 0 Å². The summed E-state index contributed by atoms with van der Waals surface area (Å²) in [4.78, 5) is 4.75. The summed E-state index contributed by atoms with van der Waals surface area (Å²) in [5, 5.41) is 0. The largest absolute Gasteiger partial charge is 0.399 e. The van der Waals surface area contributed by atoms with Gasteiger partial charge in [-0.25, -0.2) is 4.98 Å². The van der Waals surface area contributed by atoms with Crippen molar-refractivity contribution in [2.75, 3.05) is 5.73 Å². The molecule has 22 heavy (non-hydrogen) atoms. The minimum absolute atomic E-state index is 0.794. The van der Waals surface area contributed by atoms with Crippen molar-refractivity contribution >= 4 is 22.8 Å². The monoisotopic (exact) mass is 291 g/mol. The van der Waals surface area contributed by atoms with Gasteiger partial charge >= 0.3 is 0 Å².